The van der Waals surface area contributed by atoms with Gasteiger partial charge in [0.15, 0.2) is 0 Å². The predicted molar refractivity (Wildman–Crippen MR) is 98.5 cm³/mol. The van der Waals surface area contributed by atoms with Crippen LogP contribution in [0.3, 0.4) is 0 Å². The molecular weight excluding hydrogens is 316 g/mol. The number of amides is 1. The summed E-state index contributed by atoms with van der Waals surface area (Å²) in [5.74, 6) is 1.79. The minimum atomic E-state index is 0.0177. The monoisotopic (exact) mass is 340 g/mol. The molecule has 0 spiro atoms. The number of benzene rings is 1. The van der Waals surface area contributed by atoms with Crippen molar-refractivity contribution in [2.24, 2.45) is 5.92 Å². The minimum absolute atomic E-state index is 0.0177. The molecule has 1 amide bonds. The Balaban J connectivity index is 1.80. The molecular formula is C19H24N4O2. The summed E-state index contributed by atoms with van der Waals surface area (Å²) in [4.78, 5) is 19.2. The third kappa shape index (κ3) is 3.91. The maximum absolute atomic E-state index is 13.0. The standard InChI is InChI=1S/C19H24N4O2/c1-20-12-14-9-11-23(13-14)19(24)15-6-5-10-21-18(15)22-16-7-3-4-8-17(16)25-2/h3-8,10,14,20H,9,11-13H2,1-2H3,(H,21,22). The van der Waals surface area contributed by atoms with Crippen LogP contribution in [-0.4, -0.2) is 49.6 Å². The highest BCUT2D eigenvalue weighted by atomic mass is 16.5. The number of nitrogens with zero attached hydrogens (tertiary/aromatic N) is 2. The summed E-state index contributed by atoms with van der Waals surface area (Å²) in [6.45, 7) is 2.50. The third-order valence-electron chi connectivity index (χ3n) is 4.46. The van der Waals surface area contributed by atoms with E-state index in [2.05, 4.69) is 15.6 Å². The number of carbonyl (C=O) groups excluding carboxylic acids is 1. The molecule has 6 heteroatoms. The smallest absolute Gasteiger partial charge is 0.257 e. The van der Waals surface area contributed by atoms with Gasteiger partial charge >= 0.3 is 0 Å². The number of methoxy groups -OCH3 is 1. The molecule has 1 atom stereocenters. The van der Waals surface area contributed by atoms with E-state index < -0.39 is 0 Å². The molecule has 2 N–H and O–H groups in total. The molecule has 3 rings (SSSR count). The zero-order valence-corrected chi connectivity index (χ0v) is 14.7. The van der Waals surface area contributed by atoms with Crippen LogP contribution in [0.5, 0.6) is 5.75 Å². The summed E-state index contributed by atoms with van der Waals surface area (Å²) in [5, 5.41) is 6.43. The molecule has 6 nitrogen and oxygen atoms in total. The molecule has 0 aliphatic carbocycles. The molecule has 0 radical (unpaired) electrons. The molecule has 132 valence electrons. The fourth-order valence-electron chi connectivity index (χ4n) is 3.20. The van der Waals surface area contributed by atoms with Gasteiger partial charge in [0.2, 0.25) is 0 Å². The Morgan fingerprint density at radius 3 is 2.96 bits per heavy atom. The number of anilines is 2. The highest BCUT2D eigenvalue weighted by molar-refractivity contribution is 5.99. The van der Waals surface area contributed by atoms with E-state index in [1.165, 1.54) is 0 Å². The number of carbonyl (C=O) groups is 1. The van der Waals surface area contributed by atoms with Crippen molar-refractivity contribution in [2.75, 3.05) is 39.1 Å². The van der Waals surface area contributed by atoms with Gasteiger partial charge in [-0.15, -0.1) is 0 Å². The third-order valence-corrected chi connectivity index (χ3v) is 4.46. The number of likely N-dealkylation sites (tertiary alicyclic amines) is 1. The summed E-state index contributed by atoms with van der Waals surface area (Å²) in [6.07, 6.45) is 2.71. The first-order valence-electron chi connectivity index (χ1n) is 8.52. The molecule has 0 saturated carbocycles. The number of hydrogen-bond donors (Lipinski definition) is 2. The van der Waals surface area contributed by atoms with Crippen LogP contribution in [0, 0.1) is 5.92 Å². The number of nitrogens with one attached hydrogen (secondary N) is 2. The summed E-state index contributed by atoms with van der Waals surface area (Å²) in [7, 11) is 3.57. The Labute approximate surface area is 148 Å². The van der Waals surface area contributed by atoms with Crippen molar-refractivity contribution >= 4 is 17.4 Å². The van der Waals surface area contributed by atoms with Crippen LogP contribution in [0.1, 0.15) is 16.8 Å². The second-order valence-corrected chi connectivity index (χ2v) is 6.19. The summed E-state index contributed by atoms with van der Waals surface area (Å²) in [6, 6.07) is 11.2. The van der Waals surface area contributed by atoms with E-state index in [4.69, 9.17) is 4.74 Å². The molecule has 25 heavy (non-hydrogen) atoms. The van der Waals surface area contributed by atoms with Gasteiger partial charge in [0.1, 0.15) is 11.6 Å². The highest BCUT2D eigenvalue weighted by Crippen LogP contribution is 2.28. The van der Waals surface area contributed by atoms with Gasteiger partial charge < -0.3 is 20.3 Å². The zero-order chi connectivity index (χ0) is 17.6. The van der Waals surface area contributed by atoms with Crippen molar-refractivity contribution in [1.82, 2.24) is 15.2 Å². The van der Waals surface area contributed by atoms with Crippen molar-refractivity contribution in [3.63, 3.8) is 0 Å². The molecule has 1 unspecified atom stereocenters. The molecule has 2 heterocycles. The number of hydrogen-bond acceptors (Lipinski definition) is 5. The van der Waals surface area contributed by atoms with Gasteiger partial charge in [-0.25, -0.2) is 4.98 Å². The van der Waals surface area contributed by atoms with Crippen LogP contribution >= 0.6 is 0 Å². The van der Waals surface area contributed by atoms with Crippen molar-refractivity contribution in [3.8, 4) is 5.75 Å². The van der Waals surface area contributed by atoms with Crippen LogP contribution in [0.15, 0.2) is 42.6 Å². The first kappa shape index (κ1) is 17.2. The van der Waals surface area contributed by atoms with Gasteiger partial charge in [0.25, 0.3) is 5.91 Å². The predicted octanol–water partition coefficient (Wildman–Crippen LogP) is 2.52. The summed E-state index contributed by atoms with van der Waals surface area (Å²) in [5.41, 5.74) is 1.37. The van der Waals surface area contributed by atoms with E-state index in [1.54, 1.807) is 19.4 Å². The second kappa shape index (κ2) is 7.98. The first-order chi connectivity index (χ1) is 12.2. The Hall–Kier alpha value is -2.60. The van der Waals surface area contributed by atoms with E-state index >= 15 is 0 Å². The molecule has 0 bridgehead atoms. The number of rotatable bonds is 6. The lowest BCUT2D eigenvalue weighted by Crippen LogP contribution is -2.31. The second-order valence-electron chi connectivity index (χ2n) is 6.19. The molecule has 1 saturated heterocycles. The molecule has 1 aliphatic rings. The average molecular weight is 340 g/mol. The van der Waals surface area contributed by atoms with E-state index in [1.807, 2.05) is 42.3 Å². The fraction of sp³-hybridized carbons (Fsp3) is 0.368. The van der Waals surface area contributed by atoms with E-state index in [9.17, 15) is 4.79 Å². The first-order valence-corrected chi connectivity index (χ1v) is 8.52. The fourth-order valence-corrected chi connectivity index (χ4v) is 3.20. The number of pyridine rings is 1. The van der Waals surface area contributed by atoms with Crippen LogP contribution in [0.2, 0.25) is 0 Å². The maximum Gasteiger partial charge on any atom is 0.257 e. The lowest BCUT2D eigenvalue weighted by atomic mass is 10.1. The molecule has 1 aromatic carbocycles. The lowest BCUT2D eigenvalue weighted by molar-refractivity contribution is 0.0788. The maximum atomic E-state index is 13.0. The Morgan fingerprint density at radius 1 is 1.32 bits per heavy atom. The van der Waals surface area contributed by atoms with E-state index in [0.717, 1.165) is 31.7 Å². The zero-order valence-electron chi connectivity index (χ0n) is 14.7. The van der Waals surface area contributed by atoms with Crippen LogP contribution in [0.4, 0.5) is 11.5 Å². The Morgan fingerprint density at radius 2 is 2.16 bits per heavy atom. The van der Waals surface area contributed by atoms with Gasteiger partial charge in [0, 0.05) is 19.3 Å². The molecule has 2 aromatic rings. The summed E-state index contributed by atoms with van der Waals surface area (Å²) < 4.78 is 5.37. The number of aromatic nitrogens is 1. The molecule has 1 aliphatic heterocycles. The van der Waals surface area contributed by atoms with Crippen molar-refractivity contribution in [2.45, 2.75) is 6.42 Å². The lowest BCUT2D eigenvalue weighted by Gasteiger charge is -2.19. The Bertz CT molecular complexity index is 735. The van der Waals surface area contributed by atoms with Gasteiger partial charge in [0.05, 0.1) is 18.4 Å². The minimum Gasteiger partial charge on any atom is -0.495 e. The van der Waals surface area contributed by atoms with Crippen LogP contribution in [0.25, 0.3) is 0 Å². The van der Waals surface area contributed by atoms with Gasteiger partial charge in [-0.05, 0) is 50.2 Å². The van der Waals surface area contributed by atoms with Crippen molar-refractivity contribution in [3.05, 3.63) is 48.2 Å². The van der Waals surface area contributed by atoms with E-state index in [0.29, 0.717) is 23.0 Å². The van der Waals surface area contributed by atoms with Gasteiger partial charge in [-0.1, -0.05) is 12.1 Å². The number of para-hydroxylation sites is 2. The van der Waals surface area contributed by atoms with Crippen molar-refractivity contribution < 1.29 is 9.53 Å². The molecule has 1 fully saturated rings. The van der Waals surface area contributed by atoms with Gasteiger partial charge in [-0.2, -0.15) is 0 Å². The normalized spacial score (nSPS) is 16.7. The van der Waals surface area contributed by atoms with Gasteiger partial charge in [-0.3, -0.25) is 4.79 Å². The van der Waals surface area contributed by atoms with Crippen LogP contribution in [-0.2, 0) is 0 Å². The largest absolute Gasteiger partial charge is 0.495 e. The topological polar surface area (TPSA) is 66.5 Å². The quantitative estimate of drug-likeness (QED) is 0.846. The van der Waals surface area contributed by atoms with Crippen molar-refractivity contribution in [1.29, 1.82) is 0 Å². The summed E-state index contributed by atoms with van der Waals surface area (Å²) >= 11 is 0. The van der Waals surface area contributed by atoms with E-state index in [-0.39, 0.29) is 5.91 Å². The Kier molecular flexibility index (Phi) is 5.50. The SMILES string of the molecule is CNCC1CCN(C(=O)c2cccnc2Nc2ccccc2OC)C1. The highest BCUT2D eigenvalue weighted by Gasteiger charge is 2.28. The van der Waals surface area contributed by atoms with Crippen LogP contribution < -0.4 is 15.4 Å². The average Bonchev–Trinajstić information content (AvgIpc) is 3.11. The number of ether oxygens (including phenoxy) is 1. The molecule has 1 aromatic heterocycles.